The van der Waals surface area contributed by atoms with Crippen LogP contribution in [0.3, 0.4) is 0 Å². The topological polar surface area (TPSA) is 102 Å². The van der Waals surface area contributed by atoms with E-state index in [9.17, 15) is 14.9 Å². The van der Waals surface area contributed by atoms with Gasteiger partial charge in [0.05, 0.1) is 22.6 Å². The van der Waals surface area contributed by atoms with Gasteiger partial charge in [0.1, 0.15) is 5.76 Å². The van der Waals surface area contributed by atoms with Gasteiger partial charge in [-0.2, -0.15) is 0 Å². The number of carbonyl (C=O) groups excluding carboxylic acids is 1. The zero-order valence-electron chi connectivity index (χ0n) is 17.0. The molecule has 32 heavy (non-hydrogen) atoms. The standard InChI is InChI=1S/C22H18N4O4S2/c1-15-14-31-22(24-15)32-20-7-6-17(10-19(20)26(28)29)21(27)25(13-18-5-3-9-30-18)12-16-4-2-8-23-11-16/h2-11,14H,12-13H2,1H3. The maximum atomic E-state index is 13.3. The Morgan fingerprint density at radius 2 is 2.12 bits per heavy atom. The zero-order chi connectivity index (χ0) is 22.5. The second-order valence-corrected chi connectivity index (χ2v) is 9.05. The highest BCUT2D eigenvalue weighted by molar-refractivity contribution is 8.01. The van der Waals surface area contributed by atoms with Crippen LogP contribution in [0.15, 0.2) is 80.2 Å². The van der Waals surface area contributed by atoms with Gasteiger partial charge in [-0.1, -0.05) is 17.8 Å². The van der Waals surface area contributed by atoms with Crippen molar-refractivity contribution in [1.82, 2.24) is 14.9 Å². The number of rotatable bonds is 8. The van der Waals surface area contributed by atoms with E-state index < -0.39 is 4.92 Å². The summed E-state index contributed by atoms with van der Waals surface area (Å²) >= 11 is 2.64. The van der Waals surface area contributed by atoms with Gasteiger partial charge in [-0.05, 0) is 42.8 Å². The highest BCUT2D eigenvalue weighted by Gasteiger charge is 2.23. The van der Waals surface area contributed by atoms with Crippen molar-refractivity contribution >= 4 is 34.7 Å². The minimum absolute atomic E-state index is 0.131. The van der Waals surface area contributed by atoms with Gasteiger partial charge in [0.2, 0.25) is 0 Å². The van der Waals surface area contributed by atoms with Crippen LogP contribution in [0.25, 0.3) is 0 Å². The van der Waals surface area contributed by atoms with E-state index in [1.165, 1.54) is 29.2 Å². The van der Waals surface area contributed by atoms with Crippen LogP contribution >= 0.6 is 23.1 Å². The van der Waals surface area contributed by atoms with E-state index >= 15 is 0 Å². The molecule has 0 aliphatic carbocycles. The zero-order valence-corrected chi connectivity index (χ0v) is 18.6. The molecule has 0 aliphatic heterocycles. The van der Waals surface area contributed by atoms with E-state index in [-0.39, 0.29) is 30.2 Å². The van der Waals surface area contributed by atoms with E-state index in [0.29, 0.717) is 15.0 Å². The Kier molecular flexibility index (Phi) is 6.62. The van der Waals surface area contributed by atoms with Crippen LogP contribution in [0.2, 0.25) is 0 Å². The largest absolute Gasteiger partial charge is 0.467 e. The lowest BCUT2D eigenvalue weighted by molar-refractivity contribution is -0.387. The molecule has 0 bridgehead atoms. The molecule has 162 valence electrons. The van der Waals surface area contributed by atoms with Gasteiger partial charge in [-0.25, -0.2) is 4.98 Å². The molecule has 3 aromatic heterocycles. The summed E-state index contributed by atoms with van der Waals surface area (Å²) in [5.74, 6) is 0.276. The molecule has 1 aromatic carbocycles. The van der Waals surface area contributed by atoms with E-state index in [1.807, 2.05) is 18.4 Å². The van der Waals surface area contributed by atoms with Gasteiger partial charge in [-0.3, -0.25) is 19.9 Å². The molecule has 4 rings (SSSR count). The molecule has 3 heterocycles. The van der Waals surface area contributed by atoms with Crippen molar-refractivity contribution in [2.24, 2.45) is 0 Å². The molecule has 0 aliphatic rings. The monoisotopic (exact) mass is 466 g/mol. The molecule has 0 N–H and O–H groups in total. The summed E-state index contributed by atoms with van der Waals surface area (Å²) in [7, 11) is 0. The molecule has 8 nitrogen and oxygen atoms in total. The number of thiazole rings is 1. The van der Waals surface area contributed by atoms with Crippen LogP contribution < -0.4 is 0 Å². The van der Waals surface area contributed by atoms with Gasteiger partial charge in [0.25, 0.3) is 11.6 Å². The number of nitro groups is 1. The van der Waals surface area contributed by atoms with Crippen LogP contribution in [0.5, 0.6) is 0 Å². The van der Waals surface area contributed by atoms with Gasteiger partial charge in [0, 0.05) is 41.6 Å². The highest BCUT2D eigenvalue weighted by atomic mass is 32.2. The van der Waals surface area contributed by atoms with Crippen molar-refractivity contribution < 1.29 is 14.1 Å². The molecular formula is C22H18N4O4S2. The van der Waals surface area contributed by atoms with Crippen molar-refractivity contribution in [3.8, 4) is 0 Å². The molecule has 0 unspecified atom stereocenters. The third-order valence-electron chi connectivity index (χ3n) is 4.51. The van der Waals surface area contributed by atoms with E-state index in [4.69, 9.17) is 4.42 Å². The number of nitro benzene ring substituents is 1. The van der Waals surface area contributed by atoms with E-state index in [1.54, 1.807) is 53.9 Å². The first-order chi connectivity index (χ1) is 15.5. The Hall–Kier alpha value is -3.50. The minimum Gasteiger partial charge on any atom is -0.467 e. The number of benzene rings is 1. The molecule has 0 saturated heterocycles. The lowest BCUT2D eigenvalue weighted by Crippen LogP contribution is -2.30. The normalized spacial score (nSPS) is 10.8. The summed E-state index contributed by atoms with van der Waals surface area (Å²) in [6.07, 6.45) is 4.88. The fourth-order valence-electron chi connectivity index (χ4n) is 3.04. The smallest absolute Gasteiger partial charge is 0.284 e. The molecule has 1 amide bonds. The Bertz CT molecular complexity index is 1230. The molecule has 4 aromatic rings. The Morgan fingerprint density at radius 3 is 2.78 bits per heavy atom. The van der Waals surface area contributed by atoms with Crippen molar-refractivity contribution in [2.75, 3.05) is 0 Å². The number of hydrogen-bond acceptors (Lipinski definition) is 8. The van der Waals surface area contributed by atoms with Crippen LogP contribution in [0.1, 0.15) is 27.4 Å². The number of nitrogens with zero attached hydrogens (tertiary/aromatic N) is 4. The lowest BCUT2D eigenvalue weighted by Gasteiger charge is -2.22. The van der Waals surface area contributed by atoms with Crippen molar-refractivity contribution in [1.29, 1.82) is 0 Å². The van der Waals surface area contributed by atoms with Crippen molar-refractivity contribution in [3.63, 3.8) is 0 Å². The molecule has 0 radical (unpaired) electrons. The molecule has 10 heteroatoms. The number of carbonyl (C=O) groups is 1. The van der Waals surface area contributed by atoms with Gasteiger partial charge >= 0.3 is 0 Å². The number of furan rings is 1. The number of hydrogen-bond donors (Lipinski definition) is 0. The molecular weight excluding hydrogens is 448 g/mol. The summed E-state index contributed by atoms with van der Waals surface area (Å²) in [6, 6.07) is 11.7. The van der Waals surface area contributed by atoms with Crippen molar-refractivity contribution in [3.05, 3.63) is 99.2 Å². The summed E-state index contributed by atoms with van der Waals surface area (Å²) < 4.78 is 6.12. The van der Waals surface area contributed by atoms with E-state index in [2.05, 4.69) is 9.97 Å². The van der Waals surface area contributed by atoms with Crippen LogP contribution in [-0.4, -0.2) is 25.7 Å². The second kappa shape index (κ2) is 9.75. The minimum atomic E-state index is -0.475. The Labute approximate surface area is 192 Å². The average molecular weight is 467 g/mol. The number of amides is 1. The maximum Gasteiger partial charge on any atom is 0.284 e. The molecule has 0 fully saturated rings. The van der Waals surface area contributed by atoms with Gasteiger partial charge in [-0.15, -0.1) is 11.3 Å². The second-order valence-electron chi connectivity index (χ2n) is 6.90. The Balaban J connectivity index is 1.63. The first-order valence-corrected chi connectivity index (χ1v) is 11.3. The summed E-state index contributed by atoms with van der Waals surface area (Å²) in [5.41, 5.74) is 1.80. The molecule has 0 atom stereocenters. The number of aryl methyl sites for hydroxylation is 1. The Morgan fingerprint density at radius 1 is 1.25 bits per heavy atom. The molecule has 0 spiro atoms. The first-order valence-electron chi connectivity index (χ1n) is 9.58. The quantitative estimate of drug-likeness (QED) is 0.255. The highest BCUT2D eigenvalue weighted by Crippen LogP contribution is 2.37. The van der Waals surface area contributed by atoms with Crippen LogP contribution in [0, 0.1) is 17.0 Å². The predicted molar refractivity (Wildman–Crippen MR) is 121 cm³/mol. The van der Waals surface area contributed by atoms with E-state index in [0.717, 1.165) is 11.3 Å². The van der Waals surface area contributed by atoms with Crippen LogP contribution in [-0.2, 0) is 13.1 Å². The lowest BCUT2D eigenvalue weighted by atomic mass is 10.1. The summed E-state index contributed by atoms with van der Waals surface area (Å²) in [6.45, 7) is 2.38. The third-order valence-corrected chi connectivity index (χ3v) is 6.63. The molecule has 0 saturated carbocycles. The first kappa shape index (κ1) is 21.7. The number of aromatic nitrogens is 2. The maximum absolute atomic E-state index is 13.3. The van der Waals surface area contributed by atoms with Crippen molar-refractivity contribution in [2.45, 2.75) is 29.2 Å². The average Bonchev–Trinajstić information content (AvgIpc) is 3.45. The van der Waals surface area contributed by atoms with Crippen LogP contribution in [0.4, 0.5) is 5.69 Å². The fourth-order valence-corrected chi connectivity index (χ4v) is 4.92. The summed E-state index contributed by atoms with van der Waals surface area (Å²) in [5, 5.41) is 13.6. The van der Waals surface area contributed by atoms with Gasteiger partial charge in [0.15, 0.2) is 4.34 Å². The van der Waals surface area contributed by atoms with Gasteiger partial charge < -0.3 is 9.32 Å². The number of pyridine rings is 1. The predicted octanol–water partition coefficient (Wildman–Crippen LogP) is 5.34. The summed E-state index contributed by atoms with van der Waals surface area (Å²) in [4.78, 5) is 35.1. The SMILES string of the molecule is Cc1csc(Sc2ccc(C(=O)N(Cc3cccnc3)Cc3ccco3)cc2[N+](=O)[O-])n1. The fraction of sp³-hybridized carbons (Fsp3) is 0.136. The third kappa shape index (κ3) is 5.21.